The fourth-order valence-electron chi connectivity index (χ4n) is 2.86. The molecule has 0 bridgehead atoms. The second-order valence-electron chi connectivity index (χ2n) is 6.20. The van der Waals surface area contributed by atoms with Crippen molar-refractivity contribution in [1.82, 2.24) is 4.98 Å². The molecule has 0 radical (unpaired) electrons. The van der Waals surface area contributed by atoms with Gasteiger partial charge < -0.3 is 23.8 Å². The maximum Gasteiger partial charge on any atom is 0.0701 e. The fraction of sp³-hybridized carbons (Fsp3) is 0.476. The van der Waals surface area contributed by atoms with E-state index < -0.39 is 0 Å². The highest BCUT2D eigenvalue weighted by molar-refractivity contribution is 5.63. The van der Waals surface area contributed by atoms with Crippen LogP contribution in [0.4, 0.5) is 5.69 Å². The third-order valence-corrected chi connectivity index (χ3v) is 4.32. The lowest BCUT2D eigenvalue weighted by atomic mass is 10.1. The Kier molecular flexibility index (Phi) is 8.54. The lowest BCUT2D eigenvalue weighted by Gasteiger charge is -2.25. The van der Waals surface area contributed by atoms with E-state index in [1.54, 1.807) is 0 Å². The van der Waals surface area contributed by atoms with Gasteiger partial charge in [0.25, 0.3) is 0 Å². The first-order valence-electron chi connectivity index (χ1n) is 9.51. The van der Waals surface area contributed by atoms with Crippen LogP contribution in [-0.2, 0) is 18.9 Å². The van der Waals surface area contributed by atoms with Gasteiger partial charge in [-0.1, -0.05) is 18.2 Å². The lowest BCUT2D eigenvalue weighted by molar-refractivity contribution is 0.00206. The number of hydrogen-bond acceptors (Lipinski definition) is 6. The van der Waals surface area contributed by atoms with Crippen LogP contribution in [0.15, 0.2) is 48.7 Å². The Labute approximate surface area is 161 Å². The summed E-state index contributed by atoms with van der Waals surface area (Å²) in [7, 11) is 0. The van der Waals surface area contributed by atoms with Crippen LogP contribution in [0.5, 0.6) is 0 Å². The Morgan fingerprint density at radius 3 is 1.70 bits per heavy atom. The number of aromatic nitrogens is 1. The summed E-state index contributed by atoms with van der Waals surface area (Å²) in [5.74, 6) is 0. The van der Waals surface area contributed by atoms with E-state index in [0.29, 0.717) is 52.9 Å². The number of anilines is 1. The maximum atomic E-state index is 5.70. The predicted octanol–water partition coefficient (Wildman–Crippen LogP) is 2.64. The van der Waals surface area contributed by atoms with Crippen molar-refractivity contribution in [3.63, 3.8) is 0 Å². The summed E-state index contributed by atoms with van der Waals surface area (Å²) in [5.41, 5.74) is 3.24. The second-order valence-corrected chi connectivity index (χ2v) is 6.20. The first kappa shape index (κ1) is 19.8. The van der Waals surface area contributed by atoms with Gasteiger partial charge in [-0.15, -0.1) is 0 Å². The average Bonchev–Trinajstić information content (AvgIpc) is 2.74. The molecular weight excluding hydrogens is 344 g/mol. The maximum absolute atomic E-state index is 5.70. The topological polar surface area (TPSA) is 53.1 Å². The van der Waals surface area contributed by atoms with Crippen LogP contribution in [0.1, 0.15) is 0 Å². The van der Waals surface area contributed by atoms with E-state index in [2.05, 4.69) is 34.1 Å². The molecule has 1 fully saturated rings. The molecule has 146 valence electrons. The van der Waals surface area contributed by atoms with Crippen LogP contribution >= 0.6 is 0 Å². The summed E-state index contributed by atoms with van der Waals surface area (Å²) in [4.78, 5) is 6.69. The molecule has 1 saturated heterocycles. The first-order valence-corrected chi connectivity index (χ1v) is 9.51. The van der Waals surface area contributed by atoms with Crippen LogP contribution < -0.4 is 4.90 Å². The Morgan fingerprint density at radius 2 is 1.19 bits per heavy atom. The van der Waals surface area contributed by atoms with Crippen molar-refractivity contribution in [3.05, 3.63) is 48.7 Å². The van der Waals surface area contributed by atoms with Gasteiger partial charge in [0.2, 0.25) is 0 Å². The largest absolute Gasteiger partial charge is 0.377 e. The zero-order chi connectivity index (χ0) is 18.6. The monoisotopic (exact) mass is 372 g/mol. The van der Waals surface area contributed by atoms with Crippen molar-refractivity contribution < 1.29 is 18.9 Å². The summed E-state index contributed by atoms with van der Waals surface area (Å²) < 4.78 is 22.3. The molecule has 0 spiro atoms. The van der Waals surface area contributed by atoms with Gasteiger partial charge in [0.15, 0.2) is 0 Å². The molecule has 1 aromatic heterocycles. The van der Waals surface area contributed by atoms with Crippen molar-refractivity contribution >= 4 is 5.69 Å². The van der Waals surface area contributed by atoms with E-state index in [-0.39, 0.29) is 0 Å². The molecule has 1 aliphatic heterocycles. The molecule has 0 N–H and O–H groups in total. The Balaban J connectivity index is 1.60. The molecule has 2 aromatic rings. The number of pyridine rings is 1. The summed E-state index contributed by atoms with van der Waals surface area (Å²) >= 11 is 0. The average molecular weight is 372 g/mol. The van der Waals surface area contributed by atoms with Crippen LogP contribution in [0.25, 0.3) is 11.3 Å². The summed E-state index contributed by atoms with van der Waals surface area (Å²) in [6, 6.07) is 14.4. The van der Waals surface area contributed by atoms with Gasteiger partial charge in [-0.2, -0.15) is 0 Å². The number of nitrogens with zero attached hydrogens (tertiary/aromatic N) is 2. The summed E-state index contributed by atoms with van der Waals surface area (Å²) in [6.45, 7) is 6.51. The Morgan fingerprint density at radius 1 is 0.630 bits per heavy atom. The van der Waals surface area contributed by atoms with Crippen LogP contribution in [0.3, 0.4) is 0 Å². The summed E-state index contributed by atoms with van der Waals surface area (Å²) in [5, 5.41) is 0. The number of hydrogen-bond donors (Lipinski definition) is 0. The Bertz CT molecular complexity index is 620. The fourth-order valence-corrected chi connectivity index (χ4v) is 2.86. The van der Waals surface area contributed by atoms with E-state index in [9.17, 15) is 0 Å². The zero-order valence-electron chi connectivity index (χ0n) is 15.7. The molecule has 1 aliphatic rings. The highest BCUT2D eigenvalue weighted by Crippen LogP contribution is 2.21. The molecule has 6 nitrogen and oxygen atoms in total. The molecule has 27 heavy (non-hydrogen) atoms. The SMILES string of the molecule is c1ccc(-c2ccc(N3CCOCCOCCOCCOCC3)cc2)nc1. The van der Waals surface area contributed by atoms with E-state index >= 15 is 0 Å². The van der Waals surface area contributed by atoms with Crippen molar-refractivity contribution in [2.24, 2.45) is 0 Å². The highest BCUT2D eigenvalue weighted by atomic mass is 16.6. The summed E-state index contributed by atoms with van der Waals surface area (Å²) in [6.07, 6.45) is 1.81. The Hall–Kier alpha value is -1.99. The number of rotatable bonds is 2. The molecule has 2 heterocycles. The van der Waals surface area contributed by atoms with Crippen molar-refractivity contribution in [2.75, 3.05) is 70.8 Å². The highest BCUT2D eigenvalue weighted by Gasteiger charge is 2.08. The number of benzene rings is 1. The lowest BCUT2D eigenvalue weighted by Crippen LogP contribution is -2.31. The standard InChI is InChI=1S/C21H28N2O4/c1-2-8-22-21(3-1)19-4-6-20(7-5-19)23-9-11-24-13-15-26-17-18-27-16-14-25-12-10-23/h1-8H,9-18H2. The van der Waals surface area contributed by atoms with Crippen molar-refractivity contribution in [3.8, 4) is 11.3 Å². The van der Waals surface area contributed by atoms with E-state index in [0.717, 1.165) is 30.0 Å². The minimum Gasteiger partial charge on any atom is -0.377 e. The molecule has 6 heteroatoms. The molecule has 3 rings (SSSR count). The van der Waals surface area contributed by atoms with Gasteiger partial charge in [0, 0.05) is 30.5 Å². The van der Waals surface area contributed by atoms with Gasteiger partial charge in [-0.25, -0.2) is 0 Å². The normalized spacial score (nSPS) is 18.4. The molecular formula is C21H28N2O4. The molecule has 0 amide bonds. The third-order valence-electron chi connectivity index (χ3n) is 4.32. The minimum absolute atomic E-state index is 0.595. The van der Waals surface area contributed by atoms with Gasteiger partial charge in [-0.05, 0) is 24.3 Å². The first-order chi connectivity index (χ1) is 13.4. The van der Waals surface area contributed by atoms with Gasteiger partial charge in [-0.3, -0.25) is 4.98 Å². The second kappa shape index (κ2) is 11.7. The zero-order valence-corrected chi connectivity index (χ0v) is 15.7. The van der Waals surface area contributed by atoms with Gasteiger partial charge in [0.1, 0.15) is 0 Å². The van der Waals surface area contributed by atoms with Crippen LogP contribution in [0, 0.1) is 0 Å². The van der Waals surface area contributed by atoms with Gasteiger partial charge >= 0.3 is 0 Å². The molecule has 0 saturated carbocycles. The van der Waals surface area contributed by atoms with E-state index in [4.69, 9.17) is 18.9 Å². The third kappa shape index (κ3) is 6.92. The number of ether oxygens (including phenoxy) is 4. The van der Waals surface area contributed by atoms with Crippen LogP contribution in [0.2, 0.25) is 0 Å². The van der Waals surface area contributed by atoms with Gasteiger partial charge in [0.05, 0.1) is 58.5 Å². The molecule has 0 aliphatic carbocycles. The van der Waals surface area contributed by atoms with E-state index in [1.807, 2.05) is 24.4 Å². The smallest absolute Gasteiger partial charge is 0.0701 e. The minimum atomic E-state index is 0.595. The van der Waals surface area contributed by atoms with Crippen LogP contribution in [-0.4, -0.2) is 70.9 Å². The quantitative estimate of drug-likeness (QED) is 0.808. The molecule has 0 atom stereocenters. The van der Waals surface area contributed by atoms with Crippen molar-refractivity contribution in [1.29, 1.82) is 0 Å². The molecule has 1 aromatic carbocycles. The predicted molar refractivity (Wildman–Crippen MR) is 105 cm³/mol. The molecule has 0 unspecified atom stereocenters. The van der Waals surface area contributed by atoms with Crippen molar-refractivity contribution in [2.45, 2.75) is 0 Å². The van der Waals surface area contributed by atoms with E-state index in [1.165, 1.54) is 0 Å².